The number of rotatable bonds is 2. The molecule has 0 aliphatic rings. The molecule has 0 fully saturated rings. The van der Waals surface area contributed by atoms with Crippen molar-refractivity contribution in [2.75, 3.05) is 34.3 Å². The Morgan fingerprint density at radius 3 is 1.55 bits per heavy atom. The van der Waals surface area contributed by atoms with Gasteiger partial charge in [-0.25, -0.2) is 0 Å². The summed E-state index contributed by atoms with van der Waals surface area (Å²) in [6.07, 6.45) is 0. The molecule has 0 bridgehead atoms. The molecule has 0 aromatic carbocycles. The molecule has 11 heavy (non-hydrogen) atoms. The van der Waals surface area contributed by atoms with E-state index in [4.69, 9.17) is 19.8 Å². The summed E-state index contributed by atoms with van der Waals surface area (Å²) in [5.41, 5.74) is 0. The van der Waals surface area contributed by atoms with Crippen LogP contribution in [0, 0.1) is 0 Å². The minimum Gasteiger partial charge on any atom is -0.854 e. The van der Waals surface area contributed by atoms with Gasteiger partial charge in [-0.2, -0.15) is 0 Å². The highest BCUT2D eigenvalue weighted by atomic mass is 31.2. The molecule has 0 atom stereocenters. The Morgan fingerprint density at radius 1 is 1.27 bits per heavy atom. The van der Waals surface area contributed by atoms with Crippen LogP contribution in [0.3, 0.4) is 0 Å². The zero-order valence-electron chi connectivity index (χ0n) is 8.98. The number of hydrogen-bond donors (Lipinski definition) is 1. The van der Waals surface area contributed by atoms with Gasteiger partial charge in [0.25, 0.3) is 0 Å². The number of likely N-dealkylation sites (N-methyl/N-ethyl adjacent to an activating group) is 1. The Balaban J connectivity index is -0.0000000600. The van der Waals surface area contributed by atoms with Crippen LogP contribution >= 0.6 is 8.60 Å². The van der Waals surface area contributed by atoms with E-state index in [9.17, 15) is 0 Å². The molecule has 0 heterocycles. The smallest absolute Gasteiger partial charge is 0.854 e. The minimum atomic E-state index is -3.37. The van der Waals surface area contributed by atoms with E-state index in [-0.39, 0.29) is 9.46 Å². The van der Waals surface area contributed by atoms with Gasteiger partial charge in [-0.15, -0.1) is 0 Å². The zero-order valence-corrected chi connectivity index (χ0v) is 7.88. The van der Waals surface area contributed by atoms with Crippen molar-refractivity contribution >= 4 is 8.60 Å². The fourth-order valence-electron chi connectivity index (χ4n) is 0.300. The molecule has 0 aromatic rings. The van der Waals surface area contributed by atoms with Crippen LogP contribution in [0.2, 0.25) is 0 Å². The lowest BCUT2D eigenvalue weighted by molar-refractivity contribution is -0.870. The van der Waals surface area contributed by atoms with Crippen LogP contribution in [0.15, 0.2) is 0 Å². The molecule has 0 spiro atoms. The fourth-order valence-corrected chi connectivity index (χ4v) is 0.300. The number of aliphatic hydroxyl groups is 1. The highest BCUT2D eigenvalue weighted by Gasteiger charge is 2.02. The van der Waals surface area contributed by atoms with E-state index >= 15 is 0 Å². The first-order chi connectivity index (χ1) is 4.79. The zero-order chi connectivity index (χ0) is 9.49. The molecule has 1 N–H and O–H groups in total. The van der Waals surface area contributed by atoms with Crippen molar-refractivity contribution in [1.29, 1.82) is 0 Å². The van der Waals surface area contributed by atoms with Crippen LogP contribution < -0.4 is 14.7 Å². The van der Waals surface area contributed by atoms with Crippen LogP contribution in [0.4, 0.5) is 0 Å². The van der Waals surface area contributed by atoms with Gasteiger partial charge in [-0.3, -0.25) is 0 Å². The van der Waals surface area contributed by atoms with Gasteiger partial charge in [-0.1, -0.05) is 0 Å². The highest BCUT2D eigenvalue weighted by Crippen LogP contribution is 1.85. The van der Waals surface area contributed by atoms with Gasteiger partial charge < -0.3 is 32.9 Å². The third kappa shape index (κ3) is 38.7. The van der Waals surface area contributed by atoms with Crippen LogP contribution in [0.25, 0.3) is 0 Å². The van der Waals surface area contributed by atoms with Crippen LogP contribution in [-0.4, -0.2) is 43.9 Å². The summed E-state index contributed by atoms with van der Waals surface area (Å²) in [6.45, 7) is 1.11. The van der Waals surface area contributed by atoms with E-state index < -0.39 is 8.60 Å². The number of hydrogen-bond acceptors (Lipinski definition) is 4. The molecular weight excluding hydrogens is 169 g/mol. The van der Waals surface area contributed by atoms with E-state index in [2.05, 4.69) is 21.1 Å². The predicted molar refractivity (Wildman–Crippen MR) is 39.1 cm³/mol. The Hall–Kier alpha value is 0.230. The first-order valence-electron chi connectivity index (χ1n) is 3.02. The van der Waals surface area contributed by atoms with E-state index in [1.165, 1.54) is 0 Å². The Kier molecular flexibility index (Phi) is 8.67. The van der Waals surface area contributed by atoms with Crippen LogP contribution in [0.5, 0.6) is 0 Å². The van der Waals surface area contributed by atoms with Crippen LogP contribution in [-0.2, 0) is 0 Å². The second-order valence-electron chi connectivity index (χ2n) is 2.96. The molecular formula is C5H16NO4P. The quantitative estimate of drug-likeness (QED) is 0.372. The molecule has 0 aliphatic heterocycles. The second kappa shape index (κ2) is 6.91. The van der Waals surface area contributed by atoms with Crippen molar-refractivity contribution < 1.29 is 27.1 Å². The maximum absolute atomic E-state index is 8.48. The molecule has 0 rings (SSSR count). The van der Waals surface area contributed by atoms with E-state index in [1.54, 1.807) is 0 Å². The van der Waals surface area contributed by atoms with Gasteiger partial charge in [0.15, 0.2) is 0 Å². The molecule has 0 saturated heterocycles. The van der Waals surface area contributed by atoms with Crippen molar-refractivity contribution in [2.24, 2.45) is 0 Å². The van der Waals surface area contributed by atoms with Gasteiger partial charge in [-0.05, 0) is 0 Å². The van der Waals surface area contributed by atoms with Crippen molar-refractivity contribution in [3.8, 4) is 0 Å². The third-order valence-corrected chi connectivity index (χ3v) is 0.771. The first-order valence-corrected chi connectivity index (χ1v) is 4.12. The summed E-state index contributed by atoms with van der Waals surface area (Å²) in [7, 11) is 2.79. The van der Waals surface area contributed by atoms with Crippen LogP contribution in [0.1, 0.15) is 2.85 Å². The van der Waals surface area contributed by atoms with Gasteiger partial charge in [0, 0.05) is 0 Å². The molecule has 0 radical (unpaired) electrons. The normalized spacial score (nSPS) is 10.9. The Morgan fingerprint density at radius 2 is 1.55 bits per heavy atom. The molecule has 6 heteroatoms. The lowest BCUT2D eigenvalue weighted by atomic mass is 10.5. The summed E-state index contributed by atoms with van der Waals surface area (Å²) < 4.78 is 0.844. The lowest BCUT2D eigenvalue weighted by Crippen LogP contribution is -2.36. The molecule has 70 valence electrons. The Labute approximate surface area is 71.1 Å². The monoisotopic (exact) mass is 185 g/mol. The summed E-state index contributed by atoms with van der Waals surface area (Å²) in [5.74, 6) is 0. The maximum Gasteiger partial charge on any atom is 1.00 e. The average molecular weight is 185 g/mol. The van der Waals surface area contributed by atoms with Crippen molar-refractivity contribution in [3.63, 3.8) is 0 Å². The van der Waals surface area contributed by atoms with E-state index in [0.717, 1.165) is 11.0 Å². The van der Waals surface area contributed by atoms with Gasteiger partial charge in [0.05, 0.1) is 27.7 Å². The SMILES string of the molecule is C[N+](C)(C)CCO.[H+].[H+].[O-]P([O-])[O-]. The third-order valence-electron chi connectivity index (χ3n) is 0.771. The van der Waals surface area contributed by atoms with E-state index in [1.807, 2.05) is 0 Å². The molecule has 0 saturated carbocycles. The van der Waals surface area contributed by atoms with E-state index in [0.29, 0.717) is 0 Å². The van der Waals surface area contributed by atoms with Gasteiger partial charge >= 0.3 is 2.85 Å². The van der Waals surface area contributed by atoms with Gasteiger partial charge in [0.2, 0.25) is 0 Å². The molecule has 0 unspecified atom stereocenters. The highest BCUT2D eigenvalue weighted by molar-refractivity contribution is 7.33. The number of quaternary nitrogens is 1. The molecule has 0 aromatic heterocycles. The summed E-state index contributed by atoms with van der Waals surface area (Å²) in [5, 5.41) is 8.39. The van der Waals surface area contributed by atoms with Crippen molar-refractivity contribution in [1.82, 2.24) is 0 Å². The topological polar surface area (TPSA) is 89.4 Å². The number of nitrogens with zero attached hydrogens (tertiary/aromatic N) is 1. The van der Waals surface area contributed by atoms with Crippen molar-refractivity contribution in [3.05, 3.63) is 0 Å². The first kappa shape index (κ1) is 13.8. The largest absolute Gasteiger partial charge is 1.00 e. The standard InChI is InChI=1S/C5H14NO.O3P/c1-6(2,3)4-5-7;1-4(2)3/h7H,4-5H2,1-3H3;/q+1;-3/p+2. The average Bonchev–Trinajstić information content (AvgIpc) is 1.58. The minimum absolute atomic E-state index is 0. The Bertz CT molecular complexity index is 88.3. The molecule has 0 amide bonds. The maximum atomic E-state index is 8.48. The predicted octanol–water partition coefficient (Wildman–Crippen LogP) is -2.80. The van der Waals surface area contributed by atoms with Crippen molar-refractivity contribution in [2.45, 2.75) is 0 Å². The molecule has 0 aliphatic carbocycles. The second-order valence-corrected chi connectivity index (χ2v) is 3.41. The lowest BCUT2D eigenvalue weighted by Gasteiger charge is -2.39. The summed E-state index contributed by atoms with van der Waals surface area (Å²) in [6, 6.07) is 0. The number of aliphatic hydroxyl groups excluding tert-OH is 1. The molecule has 5 nitrogen and oxygen atoms in total. The van der Waals surface area contributed by atoms with Gasteiger partial charge in [0.1, 0.15) is 6.54 Å². The summed E-state index contributed by atoms with van der Waals surface area (Å²) >= 11 is 0. The summed E-state index contributed by atoms with van der Waals surface area (Å²) in [4.78, 5) is 25.4. The fraction of sp³-hybridized carbons (Fsp3) is 1.00.